The standard InChI is InChI=1S/C20H22BrN7S/c1-12-5-7-16(8-6-12)10-26-11-17(9-22-26)27-19(23-24-20(27)29)15(4)28-14(3)18(21)13(2)25-28/h5-9,11,15H,10H2,1-4H3,(H,24,29). The maximum Gasteiger partial charge on any atom is 0.200 e. The Hall–Kier alpha value is -2.52. The molecule has 1 unspecified atom stereocenters. The zero-order chi connectivity index (χ0) is 20.7. The molecule has 1 N–H and O–H groups in total. The molecule has 0 spiro atoms. The lowest BCUT2D eigenvalue weighted by Crippen LogP contribution is -2.15. The van der Waals surface area contributed by atoms with E-state index in [1.54, 1.807) is 0 Å². The summed E-state index contributed by atoms with van der Waals surface area (Å²) >= 11 is 9.11. The van der Waals surface area contributed by atoms with Gasteiger partial charge in [0.25, 0.3) is 0 Å². The summed E-state index contributed by atoms with van der Waals surface area (Å²) in [6.45, 7) is 8.85. The van der Waals surface area contributed by atoms with Gasteiger partial charge in [0.1, 0.15) is 6.04 Å². The number of nitrogens with one attached hydrogen (secondary N) is 1. The predicted molar refractivity (Wildman–Crippen MR) is 118 cm³/mol. The summed E-state index contributed by atoms with van der Waals surface area (Å²) < 4.78 is 7.32. The van der Waals surface area contributed by atoms with Crippen molar-refractivity contribution in [2.75, 3.05) is 0 Å². The zero-order valence-corrected chi connectivity index (χ0v) is 19.1. The third-order valence-corrected chi connectivity index (χ3v) is 6.44. The van der Waals surface area contributed by atoms with E-state index in [2.05, 4.69) is 74.4 Å². The number of rotatable bonds is 5. The van der Waals surface area contributed by atoms with Crippen LogP contribution in [0.5, 0.6) is 0 Å². The van der Waals surface area contributed by atoms with E-state index in [1.807, 2.05) is 40.2 Å². The number of halogens is 1. The van der Waals surface area contributed by atoms with Crippen LogP contribution >= 0.6 is 28.1 Å². The van der Waals surface area contributed by atoms with E-state index in [-0.39, 0.29) is 6.04 Å². The van der Waals surface area contributed by atoms with Gasteiger partial charge in [0.05, 0.1) is 34.3 Å². The largest absolute Gasteiger partial charge is 0.267 e. The Labute approximate surface area is 182 Å². The topological polar surface area (TPSA) is 69.2 Å². The highest BCUT2D eigenvalue weighted by Crippen LogP contribution is 2.26. The Bertz CT molecular complexity index is 1210. The summed E-state index contributed by atoms with van der Waals surface area (Å²) in [5.74, 6) is 0.781. The van der Waals surface area contributed by atoms with Gasteiger partial charge < -0.3 is 0 Å². The third kappa shape index (κ3) is 3.72. The lowest BCUT2D eigenvalue weighted by atomic mass is 10.1. The van der Waals surface area contributed by atoms with Crippen LogP contribution in [0.2, 0.25) is 0 Å². The van der Waals surface area contributed by atoms with Crippen molar-refractivity contribution in [3.05, 3.63) is 74.2 Å². The average Bonchev–Trinajstić information content (AvgIpc) is 3.38. The first-order valence-corrected chi connectivity index (χ1v) is 10.5. The van der Waals surface area contributed by atoms with Crippen molar-refractivity contribution in [1.82, 2.24) is 34.3 Å². The normalized spacial score (nSPS) is 12.4. The summed E-state index contributed by atoms with van der Waals surface area (Å²) in [6, 6.07) is 8.35. The van der Waals surface area contributed by atoms with Gasteiger partial charge >= 0.3 is 0 Å². The molecule has 0 aliphatic rings. The number of aromatic amines is 1. The van der Waals surface area contributed by atoms with E-state index in [0.717, 1.165) is 27.4 Å². The monoisotopic (exact) mass is 471 g/mol. The average molecular weight is 472 g/mol. The van der Waals surface area contributed by atoms with Crippen molar-refractivity contribution in [1.29, 1.82) is 0 Å². The summed E-state index contributed by atoms with van der Waals surface area (Å²) in [6.07, 6.45) is 3.80. The Morgan fingerprint density at radius 2 is 1.90 bits per heavy atom. The van der Waals surface area contributed by atoms with Gasteiger partial charge in [-0.1, -0.05) is 29.8 Å². The highest BCUT2D eigenvalue weighted by Gasteiger charge is 2.22. The van der Waals surface area contributed by atoms with Crippen LogP contribution < -0.4 is 0 Å². The third-order valence-electron chi connectivity index (χ3n) is 5.02. The van der Waals surface area contributed by atoms with E-state index < -0.39 is 0 Å². The number of hydrogen-bond acceptors (Lipinski definition) is 4. The lowest BCUT2D eigenvalue weighted by molar-refractivity contribution is 0.512. The summed E-state index contributed by atoms with van der Waals surface area (Å²) in [4.78, 5) is 0. The van der Waals surface area contributed by atoms with E-state index in [1.165, 1.54) is 11.1 Å². The SMILES string of the molecule is Cc1ccc(Cn2cc(-n3c(C(C)n4nc(C)c(Br)c4C)n[nH]c3=S)cn2)cc1. The zero-order valence-electron chi connectivity index (χ0n) is 16.7. The van der Waals surface area contributed by atoms with Crippen molar-refractivity contribution < 1.29 is 0 Å². The molecular weight excluding hydrogens is 450 g/mol. The smallest absolute Gasteiger partial charge is 0.200 e. The second kappa shape index (κ2) is 7.72. The number of nitrogens with zero attached hydrogens (tertiary/aromatic N) is 6. The lowest BCUT2D eigenvalue weighted by Gasteiger charge is -2.14. The molecular formula is C20H22BrN7S. The number of H-pyrrole nitrogens is 1. The first-order chi connectivity index (χ1) is 13.8. The van der Waals surface area contributed by atoms with E-state index >= 15 is 0 Å². The van der Waals surface area contributed by atoms with Gasteiger partial charge in [-0.2, -0.15) is 15.3 Å². The maximum absolute atomic E-state index is 5.51. The molecule has 3 heterocycles. The second-order valence-corrected chi connectivity index (χ2v) is 8.39. The Kier molecular flexibility index (Phi) is 5.26. The second-order valence-electron chi connectivity index (χ2n) is 7.21. The molecule has 1 atom stereocenters. The fourth-order valence-corrected chi connectivity index (χ4v) is 3.91. The minimum absolute atomic E-state index is 0.103. The van der Waals surface area contributed by atoms with Crippen LogP contribution in [-0.2, 0) is 6.54 Å². The van der Waals surface area contributed by atoms with Crippen LogP contribution in [0, 0.1) is 25.5 Å². The first kappa shape index (κ1) is 19.8. The van der Waals surface area contributed by atoms with E-state index in [9.17, 15) is 0 Å². The van der Waals surface area contributed by atoms with Crippen LogP contribution in [-0.4, -0.2) is 34.3 Å². The molecule has 150 valence electrons. The number of benzene rings is 1. The molecule has 0 fully saturated rings. The molecule has 3 aromatic heterocycles. The van der Waals surface area contributed by atoms with Crippen LogP contribution in [0.15, 0.2) is 41.1 Å². The van der Waals surface area contributed by atoms with Gasteiger partial charge in [-0.15, -0.1) is 0 Å². The van der Waals surface area contributed by atoms with Crippen LogP contribution in [0.25, 0.3) is 5.69 Å². The van der Waals surface area contributed by atoms with Crippen molar-refractivity contribution in [2.24, 2.45) is 0 Å². The molecule has 0 aliphatic heterocycles. The molecule has 0 saturated heterocycles. The molecule has 1 aromatic carbocycles. The predicted octanol–water partition coefficient (Wildman–Crippen LogP) is 4.67. The Morgan fingerprint density at radius 3 is 2.55 bits per heavy atom. The Morgan fingerprint density at radius 1 is 1.17 bits per heavy atom. The molecule has 0 bridgehead atoms. The molecule has 7 nitrogen and oxygen atoms in total. The van der Waals surface area contributed by atoms with Crippen LogP contribution in [0.1, 0.15) is 41.3 Å². The quantitative estimate of drug-likeness (QED) is 0.429. The highest BCUT2D eigenvalue weighted by atomic mass is 79.9. The molecule has 0 radical (unpaired) electrons. The first-order valence-electron chi connectivity index (χ1n) is 9.32. The van der Waals surface area contributed by atoms with Gasteiger partial charge in [-0.3, -0.25) is 19.0 Å². The fraction of sp³-hybridized carbons (Fsp3) is 0.300. The van der Waals surface area contributed by atoms with Crippen molar-refractivity contribution in [2.45, 2.75) is 40.3 Å². The molecule has 0 aliphatic carbocycles. The fourth-order valence-electron chi connectivity index (χ4n) is 3.40. The van der Waals surface area contributed by atoms with Gasteiger partial charge in [-0.25, -0.2) is 0 Å². The molecule has 4 rings (SSSR count). The van der Waals surface area contributed by atoms with Crippen molar-refractivity contribution >= 4 is 28.1 Å². The maximum atomic E-state index is 5.51. The van der Waals surface area contributed by atoms with Crippen molar-refractivity contribution in [3.63, 3.8) is 0 Å². The van der Waals surface area contributed by atoms with Crippen LogP contribution in [0.3, 0.4) is 0 Å². The van der Waals surface area contributed by atoms with Crippen molar-refractivity contribution in [3.8, 4) is 5.69 Å². The number of aryl methyl sites for hydroxylation is 2. The van der Waals surface area contributed by atoms with Gasteiger partial charge in [-0.05, 0) is 61.4 Å². The minimum atomic E-state index is -0.103. The number of hydrogen-bond donors (Lipinski definition) is 1. The minimum Gasteiger partial charge on any atom is -0.267 e. The summed E-state index contributed by atoms with van der Waals surface area (Å²) in [5.41, 5.74) is 5.31. The molecule has 29 heavy (non-hydrogen) atoms. The van der Waals surface area contributed by atoms with Gasteiger partial charge in [0.15, 0.2) is 10.6 Å². The Balaban J connectivity index is 1.67. The van der Waals surface area contributed by atoms with E-state index in [4.69, 9.17) is 12.2 Å². The van der Waals surface area contributed by atoms with Crippen LogP contribution in [0.4, 0.5) is 0 Å². The van der Waals surface area contributed by atoms with Gasteiger partial charge in [0, 0.05) is 6.20 Å². The van der Waals surface area contributed by atoms with Gasteiger partial charge in [0.2, 0.25) is 0 Å². The molecule has 0 amide bonds. The highest BCUT2D eigenvalue weighted by molar-refractivity contribution is 9.10. The number of aromatic nitrogens is 7. The molecule has 0 saturated carbocycles. The molecule has 9 heteroatoms. The molecule has 4 aromatic rings. The van der Waals surface area contributed by atoms with E-state index in [0.29, 0.717) is 11.3 Å². The summed E-state index contributed by atoms with van der Waals surface area (Å²) in [5, 5.41) is 16.6. The summed E-state index contributed by atoms with van der Waals surface area (Å²) in [7, 11) is 0.